The molecule has 3 heteroatoms. The lowest BCUT2D eigenvalue weighted by Crippen LogP contribution is -1.84. The van der Waals surface area contributed by atoms with Crippen molar-refractivity contribution in [1.82, 2.24) is 4.98 Å². The highest BCUT2D eigenvalue weighted by molar-refractivity contribution is 9.10. The van der Waals surface area contributed by atoms with Crippen molar-refractivity contribution in [1.29, 1.82) is 0 Å². The first-order chi connectivity index (χ1) is 8.72. The van der Waals surface area contributed by atoms with Crippen molar-refractivity contribution in [2.24, 2.45) is 0 Å². The molecule has 0 aliphatic rings. The van der Waals surface area contributed by atoms with E-state index < -0.39 is 0 Å². The second kappa shape index (κ2) is 4.50. The van der Waals surface area contributed by atoms with Crippen LogP contribution in [0.15, 0.2) is 59.2 Å². The van der Waals surface area contributed by atoms with E-state index in [0.29, 0.717) is 0 Å². The van der Waals surface area contributed by atoms with E-state index in [4.69, 9.17) is 0 Å². The van der Waals surface area contributed by atoms with Gasteiger partial charge in [0.1, 0.15) is 5.82 Å². The zero-order valence-corrected chi connectivity index (χ0v) is 11.0. The predicted octanol–water partition coefficient (Wildman–Crippen LogP) is 4.80. The van der Waals surface area contributed by atoms with Gasteiger partial charge in [-0.3, -0.25) is 4.98 Å². The normalized spacial score (nSPS) is 10.8. The van der Waals surface area contributed by atoms with E-state index in [9.17, 15) is 4.39 Å². The van der Waals surface area contributed by atoms with Gasteiger partial charge in [-0.2, -0.15) is 0 Å². The Kier molecular flexibility index (Phi) is 2.84. The second-order valence-electron chi connectivity index (χ2n) is 4.07. The molecule has 0 fully saturated rings. The molecule has 1 heterocycles. The number of hydrogen-bond donors (Lipinski definition) is 0. The number of rotatable bonds is 1. The second-order valence-corrected chi connectivity index (χ2v) is 4.99. The Hall–Kier alpha value is -1.74. The molecule has 2 aromatic carbocycles. The summed E-state index contributed by atoms with van der Waals surface area (Å²) >= 11 is 3.44. The summed E-state index contributed by atoms with van der Waals surface area (Å²) in [6.07, 6.45) is 1.77. The van der Waals surface area contributed by atoms with Gasteiger partial charge in [0.2, 0.25) is 0 Å². The van der Waals surface area contributed by atoms with Crippen LogP contribution in [-0.4, -0.2) is 4.98 Å². The Labute approximate surface area is 112 Å². The first kappa shape index (κ1) is 11.4. The topological polar surface area (TPSA) is 12.9 Å². The van der Waals surface area contributed by atoms with Crippen LogP contribution in [0.1, 0.15) is 0 Å². The van der Waals surface area contributed by atoms with Crippen LogP contribution in [0, 0.1) is 5.82 Å². The molecule has 3 aromatic rings. The number of benzene rings is 2. The number of pyridine rings is 1. The number of halogens is 2. The molecule has 0 bridgehead atoms. The first-order valence-corrected chi connectivity index (χ1v) is 6.33. The van der Waals surface area contributed by atoms with E-state index in [-0.39, 0.29) is 5.82 Å². The van der Waals surface area contributed by atoms with E-state index in [1.165, 1.54) is 12.1 Å². The van der Waals surface area contributed by atoms with Gasteiger partial charge in [0, 0.05) is 21.6 Å². The van der Waals surface area contributed by atoms with Crippen LogP contribution < -0.4 is 0 Å². The van der Waals surface area contributed by atoms with E-state index in [2.05, 4.69) is 20.9 Å². The largest absolute Gasteiger partial charge is 0.256 e. The molecule has 0 unspecified atom stereocenters. The fourth-order valence-electron chi connectivity index (χ4n) is 1.93. The van der Waals surface area contributed by atoms with Gasteiger partial charge in [-0.1, -0.05) is 28.1 Å². The number of fused-ring (bicyclic) bond motifs is 1. The summed E-state index contributed by atoms with van der Waals surface area (Å²) in [5, 5.41) is 1.03. The summed E-state index contributed by atoms with van der Waals surface area (Å²) in [4.78, 5) is 4.39. The molecule has 0 spiro atoms. The Morgan fingerprint density at radius 2 is 1.83 bits per heavy atom. The Balaban J connectivity index is 2.18. The van der Waals surface area contributed by atoms with Gasteiger partial charge in [-0.05, 0) is 42.0 Å². The minimum Gasteiger partial charge on any atom is -0.256 e. The third-order valence-corrected chi connectivity index (χ3v) is 3.29. The average molecular weight is 302 g/mol. The van der Waals surface area contributed by atoms with E-state index in [0.717, 1.165) is 26.5 Å². The van der Waals surface area contributed by atoms with Crippen molar-refractivity contribution >= 4 is 26.8 Å². The fourth-order valence-corrected chi connectivity index (χ4v) is 2.31. The standard InChI is InChI=1S/C15H9BrFN/c16-13-4-5-15-11(7-13)6-12(9-18-15)10-2-1-3-14(17)8-10/h1-9H. The molecule has 18 heavy (non-hydrogen) atoms. The monoisotopic (exact) mass is 301 g/mol. The Morgan fingerprint density at radius 3 is 2.67 bits per heavy atom. The smallest absolute Gasteiger partial charge is 0.123 e. The third-order valence-electron chi connectivity index (χ3n) is 2.80. The Bertz CT molecular complexity index is 725. The van der Waals surface area contributed by atoms with Crippen LogP contribution in [0.25, 0.3) is 22.0 Å². The maximum absolute atomic E-state index is 13.2. The van der Waals surface area contributed by atoms with Gasteiger partial charge in [0.15, 0.2) is 0 Å². The minimum absolute atomic E-state index is 0.234. The fraction of sp³-hybridized carbons (Fsp3) is 0. The maximum atomic E-state index is 13.2. The summed E-state index contributed by atoms with van der Waals surface area (Å²) in [6, 6.07) is 14.5. The Morgan fingerprint density at radius 1 is 0.944 bits per heavy atom. The van der Waals surface area contributed by atoms with Gasteiger partial charge in [-0.15, -0.1) is 0 Å². The van der Waals surface area contributed by atoms with Crippen molar-refractivity contribution in [2.45, 2.75) is 0 Å². The molecule has 1 nitrogen and oxygen atoms in total. The molecule has 0 atom stereocenters. The van der Waals surface area contributed by atoms with Crippen molar-refractivity contribution in [3.8, 4) is 11.1 Å². The van der Waals surface area contributed by atoms with Crippen LogP contribution in [0.3, 0.4) is 0 Å². The SMILES string of the molecule is Fc1cccc(-c2cnc3ccc(Br)cc3c2)c1. The van der Waals surface area contributed by atoms with Crippen LogP contribution in [-0.2, 0) is 0 Å². The summed E-state index contributed by atoms with van der Waals surface area (Å²) < 4.78 is 14.2. The minimum atomic E-state index is -0.234. The molecule has 0 aliphatic carbocycles. The summed E-state index contributed by atoms with van der Waals surface area (Å²) in [6.45, 7) is 0. The maximum Gasteiger partial charge on any atom is 0.123 e. The van der Waals surface area contributed by atoms with Gasteiger partial charge >= 0.3 is 0 Å². The summed E-state index contributed by atoms with van der Waals surface area (Å²) in [5.41, 5.74) is 2.68. The highest BCUT2D eigenvalue weighted by Crippen LogP contribution is 2.25. The first-order valence-electron chi connectivity index (χ1n) is 5.54. The van der Waals surface area contributed by atoms with Crippen LogP contribution >= 0.6 is 15.9 Å². The quantitative estimate of drug-likeness (QED) is 0.629. The molecule has 0 N–H and O–H groups in total. The predicted molar refractivity (Wildman–Crippen MR) is 74.8 cm³/mol. The van der Waals surface area contributed by atoms with Gasteiger partial charge < -0.3 is 0 Å². The third kappa shape index (κ3) is 2.14. The molecule has 1 aromatic heterocycles. The molecular weight excluding hydrogens is 293 g/mol. The lowest BCUT2D eigenvalue weighted by molar-refractivity contribution is 0.628. The van der Waals surface area contributed by atoms with Crippen molar-refractivity contribution in [2.75, 3.05) is 0 Å². The van der Waals surface area contributed by atoms with Gasteiger partial charge in [0.05, 0.1) is 5.52 Å². The lowest BCUT2D eigenvalue weighted by atomic mass is 10.1. The van der Waals surface area contributed by atoms with Gasteiger partial charge in [-0.25, -0.2) is 4.39 Å². The average Bonchev–Trinajstić information content (AvgIpc) is 2.38. The summed E-state index contributed by atoms with van der Waals surface area (Å²) in [7, 11) is 0. The molecule has 0 saturated heterocycles. The van der Waals surface area contributed by atoms with E-state index in [1.54, 1.807) is 12.3 Å². The molecule has 0 amide bonds. The van der Waals surface area contributed by atoms with Crippen molar-refractivity contribution in [3.63, 3.8) is 0 Å². The van der Waals surface area contributed by atoms with Gasteiger partial charge in [0.25, 0.3) is 0 Å². The van der Waals surface area contributed by atoms with Crippen LogP contribution in [0.2, 0.25) is 0 Å². The zero-order valence-electron chi connectivity index (χ0n) is 9.40. The molecule has 0 saturated carbocycles. The molecule has 0 radical (unpaired) electrons. The highest BCUT2D eigenvalue weighted by atomic mass is 79.9. The molecule has 0 aliphatic heterocycles. The molecule has 3 rings (SSSR count). The highest BCUT2D eigenvalue weighted by Gasteiger charge is 2.02. The van der Waals surface area contributed by atoms with Crippen molar-refractivity contribution in [3.05, 3.63) is 65.0 Å². The number of aromatic nitrogens is 1. The summed E-state index contributed by atoms with van der Waals surface area (Å²) in [5.74, 6) is -0.234. The molecule has 88 valence electrons. The van der Waals surface area contributed by atoms with E-state index in [1.807, 2.05) is 30.3 Å². The van der Waals surface area contributed by atoms with E-state index >= 15 is 0 Å². The lowest BCUT2D eigenvalue weighted by Gasteiger charge is -2.04. The van der Waals surface area contributed by atoms with Crippen LogP contribution in [0.4, 0.5) is 4.39 Å². The number of hydrogen-bond acceptors (Lipinski definition) is 1. The zero-order chi connectivity index (χ0) is 12.5. The molecular formula is C15H9BrFN. The number of nitrogens with zero attached hydrogens (tertiary/aromatic N) is 1. The van der Waals surface area contributed by atoms with Crippen LogP contribution in [0.5, 0.6) is 0 Å². The van der Waals surface area contributed by atoms with Crippen molar-refractivity contribution < 1.29 is 4.39 Å².